The van der Waals surface area contributed by atoms with Crippen molar-refractivity contribution >= 4 is 5.69 Å². The van der Waals surface area contributed by atoms with Crippen LogP contribution in [0.3, 0.4) is 0 Å². The molecule has 0 amide bonds. The number of likely N-dealkylation sites (N-methyl/N-ethyl adjacent to an activating group) is 1. The zero-order valence-electron chi connectivity index (χ0n) is 9.80. The second kappa shape index (κ2) is 5.84. The van der Waals surface area contributed by atoms with Crippen molar-refractivity contribution in [3.05, 3.63) is 29.8 Å². The first-order valence-electron chi connectivity index (χ1n) is 5.39. The van der Waals surface area contributed by atoms with E-state index in [-0.39, 0.29) is 12.6 Å². The summed E-state index contributed by atoms with van der Waals surface area (Å²) >= 11 is 0. The summed E-state index contributed by atoms with van der Waals surface area (Å²) in [6.07, 6.45) is -0.556. The van der Waals surface area contributed by atoms with Gasteiger partial charge in [-0.1, -0.05) is 12.1 Å². The lowest BCUT2D eigenvalue weighted by atomic mass is 10.1. The number of benzene rings is 1. The van der Waals surface area contributed by atoms with E-state index in [0.717, 1.165) is 5.56 Å². The molecule has 4 nitrogen and oxygen atoms in total. The SMILES string of the molecule is CC(CO)N(C)CC(O)c1ccc(N)cc1. The highest BCUT2D eigenvalue weighted by Gasteiger charge is 2.14. The van der Waals surface area contributed by atoms with Crippen LogP contribution in [0.2, 0.25) is 0 Å². The maximum atomic E-state index is 9.96. The van der Waals surface area contributed by atoms with Crippen molar-refractivity contribution < 1.29 is 10.2 Å². The number of aliphatic hydroxyl groups is 2. The largest absolute Gasteiger partial charge is 0.399 e. The van der Waals surface area contributed by atoms with Crippen molar-refractivity contribution in [3.8, 4) is 0 Å². The average Bonchev–Trinajstić information content (AvgIpc) is 2.28. The van der Waals surface area contributed by atoms with Crippen LogP contribution in [0.15, 0.2) is 24.3 Å². The lowest BCUT2D eigenvalue weighted by molar-refractivity contribution is 0.0862. The van der Waals surface area contributed by atoms with Gasteiger partial charge in [-0.3, -0.25) is 4.90 Å². The lowest BCUT2D eigenvalue weighted by Crippen LogP contribution is -2.35. The Labute approximate surface area is 96.3 Å². The molecule has 0 aliphatic rings. The van der Waals surface area contributed by atoms with Gasteiger partial charge in [-0.2, -0.15) is 0 Å². The van der Waals surface area contributed by atoms with Gasteiger partial charge in [-0.15, -0.1) is 0 Å². The van der Waals surface area contributed by atoms with E-state index in [4.69, 9.17) is 10.8 Å². The molecule has 90 valence electrons. The second-order valence-electron chi connectivity index (χ2n) is 4.15. The molecular formula is C12H20N2O2. The summed E-state index contributed by atoms with van der Waals surface area (Å²) < 4.78 is 0. The van der Waals surface area contributed by atoms with Gasteiger partial charge in [0, 0.05) is 18.3 Å². The normalized spacial score (nSPS) is 15.1. The molecule has 1 aromatic carbocycles. The van der Waals surface area contributed by atoms with E-state index in [1.54, 1.807) is 12.1 Å². The number of nitrogen functional groups attached to an aromatic ring is 1. The molecule has 0 fully saturated rings. The van der Waals surface area contributed by atoms with Gasteiger partial charge in [-0.25, -0.2) is 0 Å². The fourth-order valence-electron chi connectivity index (χ4n) is 1.42. The molecule has 4 N–H and O–H groups in total. The summed E-state index contributed by atoms with van der Waals surface area (Å²) in [6.45, 7) is 2.49. The minimum absolute atomic E-state index is 0.0448. The lowest BCUT2D eigenvalue weighted by Gasteiger charge is -2.25. The smallest absolute Gasteiger partial charge is 0.0916 e. The molecule has 4 heteroatoms. The third-order valence-corrected chi connectivity index (χ3v) is 2.80. The van der Waals surface area contributed by atoms with Crippen LogP contribution in [0, 0.1) is 0 Å². The molecule has 1 rings (SSSR count). The summed E-state index contributed by atoms with van der Waals surface area (Å²) in [6, 6.07) is 7.22. The monoisotopic (exact) mass is 224 g/mol. The first-order chi connectivity index (χ1) is 7.54. The van der Waals surface area contributed by atoms with Crippen LogP contribution in [0.1, 0.15) is 18.6 Å². The highest BCUT2D eigenvalue weighted by atomic mass is 16.3. The minimum Gasteiger partial charge on any atom is -0.399 e. The average molecular weight is 224 g/mol. The van der Waals surface area contributed by atoms with Crippen LogP contribution in [0.5, 0.6) is 0 Å². The quantitative estimate of drug-likeness (QED) is 0.641. The molecule has 0 heterocycles. The Bertz CT molecular complexity index is 313. The van der Waals surface area contributed by atoms with Gasteiger partial charge in [0.1, 0.15) is 0 Å². The molecule has 16 heavy (non-hydrogen) atoms. The van der Waals surface area contributed by atoms with E-state index in [1.165, 1.54) is 0 Å². The maximum absolute atomic E-state index is 9.96. The van der Waals surface area contributed by atoms with Crippen molar-refractivity contribution in [3.63, 3.8) is 0 Å². The molecule has 0 bridgehead atoms. The molecular weight excluding hydrogens is 204 g/mol. The third kappa shape index (κ3) is 3.48. The van der Waals surface area contributed by atoms with Gasteiger partial charge in [-0.05, 0) is 31.7 Å². The molecule has 1 aromatic rings. The van der Waals surface area contributed by atoms with E-state index >= 15 is 0 Å². The molecule has 2 unspecified atom stereocenters. The van der Waals surface area contributed by atoms with Gasteiger partial charge < -0.3 is 15.9 Å². The Balaban J connectivity index is 2.58. The predicted molar refractivity (Wildman–Crippen MR) is 65.0 cm³/mol. The number of hydrogen-bond donors (Lipinski definition) is 3. The fourth-order valence-corrected chi connectivity index (χ4v) is 1.42. The molecule has 0 radical (unpaired) electrons. The number of anilines is 1. The highest BCUT2D eigenvalue weighted by Crippen LogP contribution is 2.16. The van der Waals surface area contributed by atoms with E-state index in [1.807, 2.05) is 31.0 Å². The number of nitrogens with two attached hydrogens (primary N) is 1. The van der Waals surface area contributed by atoms with Gasteiger partial charge in [0.25, 0.3) is 0 Å². The van der Waals surface area contributed by atoms with Crippen LogP contribution in [-0.2, 0) is 0 Å². The standard InChI is InChI=1S/C12H20N2O2/c1-9(8-15)14(2)7-12(16)10-3-5-11(13)6-4-10/h3-6,9,12,15-16H,7-8,13H2,1-2H3. The molecule has 0 saturated heterocycles. The van der Waals surface area contributed by atoms with Crippen LogP contribution < -0.4 is 5.73 Å². The number of nitrogens with zero attached hydrogens (tertiary/aromatic N) is 1. The summed E-state index contributed by atoms with van der Waals surface area (Å²) in [7, 11) is 1.88. The van der Waals surface area contributed by atoms with Crippen LogP contribution in [0.4, 0.5) is 5.69 Å². The predicted octanol–water partition coefficient (Wildman–Crippen LogP) is 0.615. The Morgan fingerprint density at radius 2 is 1.88 bits per heavy atom. The van der Waals surface area contributed by atoms with E-state index in [0.29, 0.717) is 12.2 Å². The zero-order chi connectivity index (χ0) is 12.1. The van der Waals surface area contributed by atoms with Gasteiger partial charge in [0.05, 0.1) is 12.7 Å². The Morgan fingerprint density at radius 3 is 2.38 bits per heavy atom. The first-order valence-corrected chi connectivity index (χ1v) is 5.39. The third-order valence-electron chi connectivity index (χ3n) is 2.80. The number of hydrogen-bond acceptors (Lipinski definition) is 4. The van der Waals surface area contributed by atoms with Crippen molar-refractivity contribution in [1.29, 1.82) is 0 Å². The topological polar surface area (TPSA) is 69.7 Å². The molecule has 0 spiro atoms. The first kappa shape index (κ1) is 13.0. The summed E-state index contributed by atoms with van der Waals surface area (Å²) in [4.78, 5) is 1.92. The van der Waals surface area contributed by atoms with Crippen LogP contribution in [-0.4, -0.2) is 41.4 Å². The summed E-state index contributed by atoms with van der Waals surface area (Å²) in [5.41, 5.74) is 7.10. The van der Waals surface area contributed by atoms with Gasteiger partial charge >= 0.3 is 0 Å². The van der Waals surface area contributed by atoms with E-state index < -0.39 is 6.10 Å². The van der Waals surface area contributed by atoms with Crippen molar-refractivity contribution in [1.82, 2.24) is 4.90 Å². The Hall–Kier alpha value is -1.10. The Morgan fingerprint density at radius 1 is 1.31 bits per heavy atom. The zero-order valence-corrected chi connectivity index (χ0v) is 9.80. The van der Waals surface area contributed by atoms with Gasteiger partial charge in [0.2, 0.25) is 0 Å². The summed E-state index contributed by atoms with van der Waals surface area (Å²) in [5.74, 6) is 0. The fraction of sp³-hybridized carbons (Fsp3) is 0.500. The van der Waals surface area contributed by atoms with E-state index in [9.17, 15) is 5.11 Å². The molecule has 0 aliphatic carbocycles. The highest BCUT2D eigenvalue weighted by molar-refractivity contribution is 5.39. The summed E-state index contributed by atoms with van der Waals surface area (Å²) in [5, 5.41) is 18.9. The molecule has 0 aromatic heterocycles. The molecule has 0 saturated carbocycles. The molecule has 0 aliphatic heterocycles. The van der Waals surface area contributed by atoms with Gasteiger partial charge in [0.15, 0.2) is 0 Å². The van der Waals surface area contributed by atoms with Crippen molar-refractivity contribution in [2.45, 2.75) is 19.1 Å². The van der Waals surface area contributed by atoms with Crippen LogP contribution in [0.25, 0.3) is 0 Å². The van der Waals surface area contributed by atoms with Crippen molar-refractivity contribution in [2.75, 3.05) is 25.9 Å². The van der Waals surface area contributed by atoms with Crippen LogP contribution >= 0.6 is 0 Å². The van der Waals surface area contributed by atoms with E-state index in [2.05, 4.69) is 0 Å². The molecule has 2 atom stereocenters. The number of aliphatic hydroxyl groups excluding tert-OH is 2. The minimum atomic E-state index is -0.556. The maximum Gasteiger partial charge on any atom is 0.0916 e. The van der Waals surface area contributed by atoms with Crippen molar-refractivity contribution in [2.24, 2.45) is 0 Å². The Kier molecular flexibility index (Phi) is 4.73. The number of rotatable bonds is 5. The second-order valence-corrected chi connectivity index (χ2v) is 4.15.